The zero-order valence-electron chi connectivity index (χ0n) is 21.4. The van der Waals surface area contributed by atoms with Crippen molar-refractivity contribution in [3.8, 4) is 22.3 Å². The van der Waals surface area contributed by atoms with Crippen LogP contribution in [0.15, 0.2) is 73.3 Å². The Morgan fingerprint density at radius 2 is 1.84 bits per heavy atom. The Balaban J connectivity index is 1.43. The third kappa shape index (κ3) is 5.58. The van der Waals surface area contributed by atoms with Crippen LogP contribution >= 0.6 is 11.9 Å². The Labute approximate surface area is 225 Å². The Morgan fingerprint density at radius 1 is 1.03 bits per heavy atom. The molecular weight excluding hydrogens is 502 g/mol. The average molecular weight is 533 g/mol. The molecule has 0 radical (unpaired) electrons. The number of benzene rings is 2. The molecule has 1 fully saturated rings. The summed E-state index contributed by atoms with van der Waals surface area (Å²) in [7, 11) is 2.15. The number of nitrogens with two attached hydrogens (primary N) is 1. The molecule has 196 valence electrons. The van der Waals surface area contributed by atoms with Crippen LogP contribution in [-0.4, -0.2) is 46.1 Å². The highest BCUT2D eigenvalue weighted by molar-refractivity contribution is 7.99. The number of likely N-dealkylation sites (tertiary alicyclic amines) is 1. The number of piperidine rings is 1. The summed E-state index contributed by atoms with van der Waals surface area (Å²) in [5.41, 5.74) is 11.9. The number of nitrogens with one attached hydrogen (secondary N) is 1. The fourth-order valence-corrected chi connectivity index (χ4v) is 5.19. The SMILES string of the molecule is CSNc1cc(C(=CN)c2ccc(-c3cnn(C4CCN(C)CC4)c3)cn2)cc(-c2ccc(F)cc2F)c1. The Hall–Kier alpha value is -3.69. The number of pyridine rings is 1. The first-order valence-electron chi connectivity index (χ1n) is 12.5. The maximum absolute atomic E-state index is 14.6. The van der Waals surface area contributed by atoms with Crippen LogP contribution in [0.3, 0.4) is 0 Å². The minimum Gasteiger partial charge on any atom is -0.404 e. The second-order valence-electron chi connectivity index (χ2n) is 9.49. The second kappa shape index (κ2) is 11.4. The van der Waals surface area contributed by atoms with E-state index in [2.05, 4.69) is 32.6 Å². The third-order valence-corrected chi connectivity index (χ3v) is 7.35. The van der Waals surface area contributed by atoms with E-state index in [-0.39, 0.29) is 0 Å². The van der Waals surface area contributed by atoms with Crippen LogP contribution in [0.4, 0.5) is 14.5 Å². The molecule has 38 heavy (non-hydrogen) atoms. The van der Waals surface area contributed by atoms with E-state index in [0.29, 0.717) is 28.4 Å². The first kappa shape index (κ1) is 25.9. The highest BCUT2D eigenvalue weighted by Crippen LogP contribution is 2.33. The molecule has 1 aliphatic heterocycles. The predicted molar refractivity (Wildman–Crippen MR) is 151 cm³/mol. The summed E-state index contributed by atoms with van der Waals surface area (Å²) in [6.07, 6.45) is 11.4. The Kier molecular flexibility index (Phi) is 7.76. The van der Waals surface area contributed by atoms with Gasteiger partial charge in [-0.15, -0.1) is 0 Å². The van der Waals surface area contributed by atoms with Gasteiger partial charge < -0.3 is 15.4 Å². The lowest BCUT2D eigenvalue weighted by molar-refractivity contribution is 0.212. The average Bonchev–Trinajstić information content (AvgIpc) is 3.40. The van der Waals surface area contributed by atoms with E-state index in [9.17, 15) is 8.78 Å². The zero-order chi connectivity index (χ0) is 26.6. The molecule has 2 aromatic heterocycles. The first-order valence-corrected chi connectivity index (χ1v) is 13.7. The van der Waals surface area contributed by atoms with Crippen molar-refractivity contribution in [1.82, 2.24) is 19.7 Å². The predicted octanol–water partition coefficient (Wildman–Crippen LogP) is 6.19. The van der Waals surface area contributed by atoms with Crippen LogP contribution in [-0.2, 0) is 0 Å². The van der Waals surface area contributed by atoms with Crippen molar-refractivity contribution in [2.24, 2.45) is 5.73 Å². The normalized spacial score (nSPS) is 15.1. The molecule has 0 spiro atoms. The van der Waals surface area contributed by atoms with Crippen molar-refractivity contribution in [2.45, 2.75) is 18.9 Å². The van der Waals surface area contributed by atoms with Gasteiger partial charge in [-0.05, 0) is 80.5 Å². The van der Waals surface area contributed by atoms with Gasteiger partial charge in [0.25, 0.3) is 0 Å². The molecule has 0 amide bonds. The van der Waals surface area contributed by atoms with Gasteiger partial charge in [0.05, 0.1) is 17.9 Å². The van der Waals surface area contributed by atoms with Crippen LogP contribution in [0.25, 0.3) is 27.8 Å². The summed E-state index contributed by atoms with van der Waals surface area (Å²) < 4.78 is 33.4. The van der Waals surface area contributed by atoms with Gasteiger partial charge in [-0.3, -0.25) is 9.67 Å². The maximum Gasteiger partial charge on any atom is 0.133 e. The number of nitrogens with zero attached hydrogens (tertiary/aromatic N) is 4. The summed E-state index contributed by atoms with van der Waals surface area (Å²) in [6.45, 7) is 2.15. The third-order valence-electron chi connectivity index (χ3n) is 6.91. The van der Waals surface area contributed by atoms with Crippen molar-refractivity contribution in [3.63, 3.8) is 0 Å². The molecule has 3 heterocycles. The molecular formula is C29H30F2N6S. The number of hydrogen-bond donors (Lipinski definition) is 2. The number of rotatable bonds is 7. The molecule has 2 aromatic carbocycles. The molecule has 0 saturated carbocycles. The zero-order valence-corrected chi connectivity index (χ0v) is 22.2. The number of hydrogen-bond acceptors (Lipinski definition) is 6. The summed E-state index contributed by atoms with van der Waals surface area (Å²) in [5, 5.41) is 4.62. The quantitative estimate of drug-likeness (QED) is 0.276. The van der Waals surface area contributed by atoms with Crippen LogP contribution < -0.4 is 10.5 Å². The number of aromatic nitrogens is 3. The largest absolute Gasteiger partial charge is 0.404 e. The lowest BCUT2D eigenvalue weighted by Gasteiger charge is -2.28. The molecule has 5 rings (SSSR count). The van der Waals surface area contributed by atoms with Gasteiger partial charge in [-0.2, -0.15) is 5.10 Å². The molecule has 0 unspecified atom stereocenters. The van der Waals surface area contributed by atoms with E-state index < -0.39 is 11.6 Å². The highest BCUT2D eigenvalue weighted by Gasteiger charge is 2.19. The van der Waals surface area contributed by atoms with Crippen LogP contribution in [0.5, 0.6) is 0 Å². The van der Waals surface area contributed by atoms with Crippen molar-refractivity contribution in [3.05, 3.63) is 96.2 Å². The highest BCUT2D eigenvalue weighted by atomic mass is 32.2. The van der Waals surface area contributed by atoms with Gasteiger partial charge in [0.15, 0.2) is 0 Å². The van der Waals surface area contributed by atoms with Gasteiger partial charge in [-0.25, -0.2) is 8.78 Å². The van der Waals surface area contributed by atoms with Crippen LogP contribution in [0.1, 0.15) is 30.1 Å². The van der Waals surface area contributed by atoms with Crippen molar-refractivity contribution in [2.75, 3.05) is 31.1 Å². The van der Waals surface area contributed by atoms with Gasteiger partial charge in [0.1, 0.15) is 11.6 Å². The standard InChI is InChI=1S/C29H30F2N6S/c1-36-9-7-25(8-10-36)37-18-22(17-34-37)19-3-6-29(33-16-19)27(15-32)21-11-20(12-24(13-21)35-38-2)26-5-4-23(30)14-28(26)31/h3-6,11-18,25,35H,7-10,32H2,1-2H3. The van der Waals surface area contributed by atoms with E-state index >= 15 is 0 Å². The lowest BCUT2D eigenvalue weighted by atomic mass is 9.96. The van der Waals surface area contributed by atoms with E-state index in [1.807, 2.05) is 49.0 Å². The summed E-state index contributed by atoms with van der Waals surface area (Å²) in [4.78, 5) is 7.05. The lowest BCUT2D eigenvalue weighted by Crippen LogP contribution is -2.31. The fourth-order valence-electron chi connectivity index (χ4n) is 4.84. The van der Waals surface area contributed by atoms with Gasteiger partial charge in [0.2, 0.25) is 0 Å². The van der Waals surface area contributed by atoms with Gasteiger partial charge >= 0.3 is 0 Å². The smallest absolute Gasteiger partial charge is 0.133 e. The van der Waals surface area contributed by atoms with E-state index in [1.165, 1.54) is 30.3 Å². The molecule has 0 bridgehead atoms. The molecule has 4 aromatic rings. The first-order chi connectivity index (χ1) is 18.4. The molecule has 0 aliphatic carbocycles. The second-order valence-corrected chi connectivity index (χ2v) is 10.1. The Morgan fingerprint density at radius 3 is 2.53 bits per heavy atom. The molecule has 6 nitrogen and oxygen atoms in total. The van der Waals surface area contributed by atoms with Crippen molar-refractivity contribution < 1.29 is 8.78 Å². The van der Waals surface area contributed by atoms with E-state index in [1.54, 1.807) is 0 Å². The number of halogens is 2. The summed E-state index contributed by atoms with van der Waals surface area (Å²) >= 11 is 1.42. The summed E-state index contributed by atoms with van der Waals surface area (Å²) in [5.74, 6) is -1.24. The molecule has 3 N–H and O–H groups in total. The minimum atomic E-state index is -0.626. The van der Waals surface area contributed by atoms with Crippen molar-refractivity contribution in [1.29, 1.82) is 0 Å². The fraction of sp³-hybridized carbons (Fsp3) is 0.241. The van der Waals surface area contributed by atoms with Gasteiger partial charge in [0, 0.05) is 58.9 Å². The van der Waals surface area contributed by atoms with Crippen LogP contribution in [0, 0.1) is 11.6 Å². The topological polar surface area (TPSA) is 72.0 Å². The molecule has 1 aliphatic rings. The van der Waals surface area contributed by atoms with E-state index in [4.69, 9.17) is 10.7 Å². The van der Waals surface area contributed by atoms with Crippen molar-refractivity contribution >= 4 is 23.2 Å². The Bertz CT molecular complexity index is 1440. The minimum absolute atomic E-state index is 0.304. The molecule has 0 atom stereocenters. The molecule has 9 heteroatoms. The van der Waals surface area contributed by atoms with E-state index in [0.717, 1.165) is 54.4 Å². The molecule has 1 saturated heterocycles. The number of anilines is 1. The maximum atomic E-state index is 14.6. The van der Waals surface area contributed by atoms with Crippen LogP contribution in [0.2, 0.25) is 0 Å². The summed E-state index contributed by atoms with van der Waals surface area (Å²) in [6, 6.07) is 13.5. The monoisotopic (exact) mass is 532 g/mol. The van der Waals surface area contributed by atoms with Gasteiger partial charge in [-0.1, -0.05) is 18.0 Å².